The average Bonchev–Trinajstić information content (AvgIpc) is 2.83. The standard InChI is InChI=1S/C13H12Cl2N2O3S2/c1-7(18)16-13-17(8-2-3-9(14)10(15)4-8)11-5-22(19,20)6-12(11)21-13/h2-4,11-12H,5-6H2,1H3/t11-,12-/m0/s1. The second-order valence-corrected chi connectivity index (χ2v) is 9.36. The van der Waals surface area contributed by atoms with E-state index in [0.29, 0.717) is 20.9 Å². The van der Waals surface area contributed by atoms with Crippen LogP contribution in [-0.2, 0) is 14.6 Å². The summed E-state index contributed by atoms with van der Waals surface area (Å²) in [5.41, 5.74) is 0.687. The number of nitrogens with zero attached hydrogens (tertiary/aromatic N) is 2. The van der Waals surface area contributed by atoms with Gasteiger partial charge in [0, 0.05) is 17.9 Å². The van der Waals surface area contributed by atoms with Crippen molar-refractivity contribution in [3.05, 3.63) is 28.2 Å². The topological polar surface area (TPSA) is 66.8 Å². The second-order valence-electron chi connectivity index (χ2n) is 5.18. The Labute approximate surface area is 142 Å². The lowest BCUT2D eigenvalue weighted by molar-refractivity contribution is -0.115. The summed E-state index contributed by atoms with van der Waals surface area (Å²) in [6.07, 6.45) is 0. The van der Waals surface area contributed by atoms with E-state index in [1.165, 1.54) is 18.7 Å². The number of anilines is 1. The lowest BCUT2D eigenvalue weighted by atomic mass is 10.2. The number of hydrogen-bond acceptors (Lipinski definition) is 4. The summed E-state index contributed by atoms with van der Waals surface area (Å²) < 4.78 is 23.8. The summed E-state index contributed by atoms with van der Waals surface area (Å²) in [5, 5.41) is 1.17. The number of sulfone groups is 1. The van der Waals surface area contributed by atoms with E-state index in [2.05, 4.69) is 4.99 Å². The number of thioether (sulfide) groups is 1. The molecule has 0 aliphatic carbocycles. The Balaban J connectivity index is 2.06. The lowest BCUT2D eigenvalue weighted by Gasteiger charge is -2.24. The van der Waals surface area contributed by atoms with Crippen molar-refractivity contribution >= 4 is 61.6 Å². The minimum atomic E-state index is -3.08. The Morgan fingerprint density at radius 2 is 2.05 bits per heavy atom. The number of hydrogen-bond donors (Lipinski definition) is 0. The molecule has 0 unspecified atom stereocenters. The average molecular weight is 379 g/mol. The molecule has 0 aromatic heterocycles. The van der Waals surface area contributed by atoms with Crippen molar-refractivity contribution in [2.24, 2.45) is 4.99 Å². The third-order valence-electron chi connectivity index (χ3n) is 3.50. The van der Waals surface area contributed by atoms with E-state index >= 15 is 0 Å². The minimum absolute atomic E-state index is 0.0435. The smallest absolute Gasteiger partial charge is 0.244 e. The van der Waals surface area contributed by atoms with Crippen molar-refractivity contribution in [2.75, 3.05) is 16.4 Å². The molecule has 2 aliphatic rings. The molecule has 9 heteroatoms. The molecular formula is C13H12Cl2N2O3S2. The fourth-order valence-electron chi connectivity index (χ4n) is 2.64. The third-order valence-corrected chi connectivity index (χ3v) is 7.45. The molecule has 2 heterocycles. The molecule has 2 fully saturated rings. The maximum atomic E-state index is 11.9. The highest BCUT2D eigenvalue weighted by Gasteiger charge is 2.49. The molecule has 0 spiro atoms. The van der Waals surface area contributed by atoms with Gasteiger partial charge in [0.1, 0.15) is 0 Å². The van der Waals surface area contributed by atoms with Crippen LogP contribution < -0.4 is 4.90 Å². The molecule has 3 rings (SSSR count). The Hall–Kier alpha value is -0.760. The summed E-state index contributed by atoms with van der Waals surface area (Å²) in [7, 11) is -3.08. The van der Waals surface area contributed by atoms with Crippen LogP contribution in [0.25, 0.3) is 0 Å². The maximum absolute atomic E-state index is 11.9. The van der Waals surface area contributed by atoms with Gasteiger partial charge in [-0.05, 0) is 18.2 Å². The fourth-order valence-corrected chi connectivity index (χ4v) is 6.89. The maximum Gasteiger partial charge on any atom is 0.244 e. The van der Waals surface area contributed by atoms with Gasteiger partial charge in [0.05, 0.1) is 27.6 Å². The van der Waals surface area contributed by atoms with E-state index in [-0.39, 0.29) is 28.7 Å². The van der Waals surface area contributed by atoms with Gasteiger partial charge in [0.25, 0.3) is 0 Å². The second kappa shape index (κ2) is 5.70. The van der Waals surface area contributed by atoms with Gasteiger partial charge in [-0.25, -0.2) is 8.42 Å². The quantitative estimate of drug-likeness (QED) is 0.751. The van der Waals surface area contributed by atoms with Crippen LogP contribution in [0.5, 0.6) is 0 Å². The first-order valence-corrected chi connectivity index (χ1v) is 9.93. The molecule has 0 bridgehead atoms. The largest absolute Gasteiger partial charge is 0.316 e. The van der Waals surface area contributed by atoms with Crippen molar-refractivity contribution in [2.45, 2.75) is 18.2 Å². The number of carbonyl (C=O) groups excluding carboxylic acids is 1. The van der Waals surface area contributed by atoms with Gasteiger partial charge in [0.15, 0.2) is 15.0 Å². The Kier molecular flexibility index (Phi) is 4.18. The summed E-state index contributed by atoms with van der Waals surface area (Å²) in [6.45, 7) is 1.37. The van der Waals surface area contributed by atoms with E-state index in [0.717, 1.165) is 0 Å². The fraction of sp³-hybridized carbons (Fsp3) is 0.385. The number of amidine groups is 1. The number of halogens is 2. The zero-order valence-electron chi connectivity index (χ0n) is 11.5. The molecule has 22 heavy (non-hydrogen) atoms. The van der Waals surface area contributed by atoms with Gasteiger partial charge in [-0.15, -0.1) is 0 Å². The van der Waals surface area contributed by atoms with Crippen LogP contribution in [0.4, 0.5) is 5.69 Å². The SMILES string of the molecule is CC(=O)N=C1S[C@H]2CS(=O)(=O)C[C@@H]2N1c1ccc(Cl)c(Cl)c1. The monoisotopic (exact) mass is 378 g/mol. The molecule has 2 saturated heterocycles. The molecule has 5 nitrogen and oxygen atoms in total. The summed E-state index contributed by atoms with van der Waals surface area (Å²) in [6, 6.07) is 4.81. The number of aliphatic imine (C=N–C) groups is 1. The highest BCUT2D eigenvalue weighted by atomic mass is 35.5. The summed E-state index contributed by atoms with van der Waals surface area (Å²) in [4.78, 5) is 17.1. The van der Waals surface area contributed by atoms with Crippen molar-refractivity contribution in [3.63, 3.8) is 0 Å². The number of amides is 1. The number of benzene rings is 1. The first-order chi connectivity index (χ1) is 10.3. The first kappa shape index (κ1) is 16.1. The van der Waals surface area contributed by atoms with Crippen LogP contribution in [0, 0.1) is 0 Å². The van der Waals surface area contributed by atoms with Gasteiger partial charge in [-0.1, -0.05) is 35.0 Å². The van der Waals surface area contributed by atoms with Crippen molar-refractivity contribution in [3.8, 4) is 0 Å². The summed E-state index contributed by atoms with van der Waals surface area (Å²) >= 11 is 13.3. The zero-order valence-corrected chi connectivity index (χ0v) is 14.6. The molecule has 0 saturated carbocycles. The first-order valence-electron chi connectivity index (χ1n) is 6.47. The highest BCUT2D eigenvalue weighted by molar-refractivity contribution is 8.16. The van der Waals surface area contributed by atoms with Gasteiger partial charge >= 0.3 is 0 Å². The van der Waals surface area contributed by atoms with Crippen LogP contribution in [0.2, 0.25) is 10.0 Å². The van der Waals surface area contributed by atoms with Crippen molar-refractivity contribution in [1.82, 2.24) is 0 Å². The van der Waals surface area contributed by atoms with Crippen molar-refractivity contribution < 1.29 is 13.2 Å². The number of fused-ring (bicyclic) bond motifs is 1. The Morgan fingerprint density at radius 3 is 2.68 bits per heavy atom. The van der Waals surface area contributed by atoms with Crippen LogP contribution in [-0.4, -0.2) is 42.3 Å². The molecule has 1 aromatic carbocycles. The highest BCUT2D eigenvalue weighted by Crippen LogP contribution is 2.42. The predicted octanol–water partition coefficient (Wildman–Crippen LogP) is 2.61. The summed E-state index contributed by atoms with van der Waals surface area (Å²) in [5.74, 6) is -0.186. The van der Waals surface area contributed by atoms with Gasteiger partial charge in [-0.2, -0.15) is 4.99 Å². The molecule has 0 N–H and O–H groups in total. The van der Waals surface area contributed by atoms with E-state index in [9.17, 15) is 13.2 Å². The molecule has 118 valence electrons. The van der Waals surface area contributed by atoms with Gasteiger partial charge < -0.3 is 4.90 Å². The van der Waals surface area contributed by atoms with E-state index in [1.807, 2.05) is 0 Å². The molecule has 1 aromatic rings. The van der Waals surface area contributed by atoms with E-state index in [1.54, 1.807) is 23.1 Å². The van der Waals surface area contributed by atoms with Crippen LogP contribution in [0.3, 0.4) is 0 Å². The van der Waals surface area contributed by atoms with Gasteiger partial charge in [0.2, 0.25) is 5.91 Å². The van der Waals surface area contributed by atoms with E-state index < -0.39 is 9.84 Å². The molecule has 0 radical (unpaired) electrons. The minimum Gasteiger partial charge on any atom is -0.316 e. The van der Waals surface area contributed by atoms with Crippen LogP contribution in [0.15, 0.2) is 23.2 Å². The third kappa shape index (κ3) is 2.99. The molecule has 2 aliphatic heterocycles. The van der Waals surface area contributed by atoms with Crippen molar-refractivity contribution in [1.29, 1.82) is 0 Å². The molecule has 2 atom stereocenters. The van der Waals surface area contributed by atoms with Crippen LogP contribution >= 0.6 is 35.0 Å². The van der Waals surface area contributed by atoms with Gasteiger partial charge in [-0.3, -0.25) is 4.79 Å². The number of carbonyl (C=O) groups is 1. The van der Waals surface area contributed by atoms with E-state index in [4.69, 9.17) is 23.2 Å². The predicted molar refractivity (Wildman–Crippen MR) is 90.9 cm³/mol. The zero-order chi connectivity index (χ0) is 16.1. The molecule has 1 amide bonds. The number of rotatable bonds is 1. The molecular weight excluding hydrogens is 367 g/mol. The normalized spacial score (nSPS) is 28.1. The Morgan fingerprint density at radius 1 is 1.32 bits per heavy atom. The van der Waals surface area contributed by atoms with Crippen LogP contribution in [0.1, 0.15) is 6.92 Å². The lowest BCUT2D eigenvalue weighted by Crippen LogP contribution is -2.37. The Bertz CT molecular complexity index is 779.